The zero-order valence-corrected chi connectivity index (χ0v) is 17.3. The number of rotatable bonds is 3. The third-order valence-electron chi connectivity index (χ3n) is 6.42. The number of fused-ring (bicyclic) bond motifs is 1. The highest BCUT2D eigenvalue weighted by Crippen LogP contribution is 2.38. The van der Waals surface area contributed by atoms with E-state index < -0.39 is 0 Å². The molecule has 1 aromatic carbocycles. The van der Waals surface area contributed by atoms with Crippen LogP contribution >= 0.6 is 0 Å². The molecule has 2 aliphatic rings. The van der Waals surface area contributed by atoms with Crippen LogP contribution in [0.3, 0.4) is 0 Å². The fraction of sp³-hybridized carbons (Fsp3) is 0.458. The average Bonchev–Trinajstić information content (AvgIpc) is 3.14. The van der Waals surface area contributed by atoms with Crippen molar-refractivity contribution in [1.82, 2.24) is 15.3 Å². The van der Waals surface area contributed by atoms with Crippen molar-refractivity contribution >= 4 is 11.0 Å². The maximum Gasteiger partial charge on any atom is 0.137 e. The van der Waals surface area contributed by atoms with E-state index in [1.165, 1.54) is 38.8 Å². The van der Waals surface area contributed by atoms with Crippen molar-refractivity contribution in [2.24, 2.45) is 0 Å². The highest BCUT2D eigenvalue weighted by molar-refractivity contribution is 5.84. The van der Waals surface area contributed by atoms with Gasteiger partial charge in [-0.25, -0.2) is 4.98 Å². The molecule has 5 heteroatoms. The molecular formula is C24H29N3O2. The van der Waals surface area contributed by atoms with Gasteiger partial charge < -0.3 is 19.8 Å². The summed E-state index contributed by atoms with van der Waals surface area (Å²) in [7, 11) is 0. The van der Waals surface area contributed by atoms with E-state index in [4.69, 9.17) is 9.47 Å². The number of aromatic amines is 1. The number of hydrogen-bond acceptors (Lipinski definition) is 4. The topological polar surface area (TPSA) is 59.2 Å². The zero-order valence-electron chi connectivity index (χ0n) is 17.3. The van der Waals surface area contributed by atoms with E-state index in [9.17, 15) is 0 Å². The van der Waals surface area contributed by atoms with Crippen molar-refractivity contribution in [2.75, 3.05) is 33.0 Å². The number of aromatic nitrogens is 2. The number of ether oxygens (including phenoxy) is 2. The van der Waals surface area contributed by atoms with Gasteiger partial charge in [-0.05, 0) is 72.6 Å². The summed E-state index contributed by atoms with van der Waals surface area (Å²) in [5.74, 6) is 0.559. The van der Waals surface area contributed by atoms with Crippen molar-refractivity contribution in [3.05, 3.63) is 52.8 Å². The van der Waals surface area contributed by atoms with Gasteiger partial charge in [0.25, 0.3) is 0 Å². The van der Waals surface area contributed by atoms with Crippen molar-refractivity contribution in [1.29, 1.82) is 0 Å². The second-order valence-corrected chi connectivity index (χ2v) is 8.36. The Bertz CT molecular complexity index is 1010. The van der Waals surface area contributed by atoms with Gasteiger partial charge in [0.15, 0.2) is 0 Å². The van der Waals surface area contributed by atoms with E-state index in [0.29, 0.717) is 5.92 Å². The summed E-state index contributed by atoms with van der Waals surface area (Å²) in [4.78, 5) is 7.89. The Balaban J connectivity index is 1.62. The molecule has 152 valence electrons. The molecule has 29 heavy (non-hydrogen) atoms. The molecule has 0 amide bonds. The fourth-order valence-corrected chi connectivity index (χ4v) is 4.88. The summed E-state index contributed by atoms with van der Waals surface area (Å²) in [6.07, 6.45) is 6.19. The van der Waals surface area contributed by atoms with Crippen molar-refractivity contribution in [3.8, 4) is 11.1 Å². The first-order chi connectivity index (χ1) is 14.2. The van der Waals surface area contributed by atoms with Crippen molar-refractivity contribution in [3.63, 3.8) is 0 Å². The third kappa shape index (κ3) is 3.59. The van der Waals surface area contributed by atoms with E-state index >= 15 is 0 Å². The molecule has 2 saturated heterocycles. The van der Waals surface area contributed by atoms with Gasteiger partial charge in [0, 0.05) is 43.1 Å². The molecule has 5 nitrogen and oxygen atoms in total. The number of benzene rings is 1. The molecule has 0 bridgehead atoms. The number of morpholine rings is 1. The minimum Gasteiger partial charge on any atom is -0.381 e. The second-order valence-electron chi connectivity index (χ2n) is 8.36. The average molecular weight is 392 g/mol. The monoisotopic (exact) mass is 391 g/mol. The lowest BCUT2D eigenvalue weighted by atomic mass is 9.81. The highest BCUT2D eigenvalue weighted by Gasteiger charge is 2.26. The number of nitrogens with zero attached hydrogens (tertiary/aromatic N) is 1. The SMILES string of the molecule is Cc1cc(-c2cnc3[nH]cc(C)c3c2)cc(C2COCCN2)c1C1CCOCC1. The van der Waals surface area contributed by atoms with Crippen LogP contribution in [0.25, 0.3) is 22.2 Å². The summed E-state index contributed by atoms with van der Waals surface area (Å²) >= 11 is 0. The van der Waals surface area contributed by atoms with Crippen LogP contribution in [0.2, 0.25) is 0 Å². The van der Waals surface area contributed by atoms with Crippen LogP contribution < -0.4 is 5.32 Å². The molecule has 0 spiro atoms. The van der Waals surface area contributed by atoms with Gasteiger partial charge in [-0.1, -0.05) is 6.07 Å². The molecule has 0 radical (unpaired) electrons. The second kappa shape index (κ2) is 7.90. The smallest absolute Gasteiger partial charge is 0.137 e. The lowest BCUT2D eigenvalue weighted by Gasteiger charge is -2.32. The van der Waals surface area contributed by atoms with Gasteiger partial charge in [0.1, 0.15) is 5.65 Å². The van der Waals surface area contributed by atoms with Crippen LogP contribution in [0.1, 0.15) is 47.1 Å². The molecule has 5 rings (SSSR count). The molecule has 2 aromatic heterocycles. The Labute approximate surface area is 171 Å². The number of hydrogen-bond donors (Lipinski definition) is 2. The van der Waals surface area contributed by atoms with Crippen molar-refractivity contribution in [2.45, 2.75) is 38.6 Å². The van der Waals surface area contributed by atoms with Crippen LogP contribution in [-0.4, -0.2) is 42.9 Å². The van der Waals surface area contributed by atoms with Crippen LogP contribution in [-0.2, 0) is 9.47 Å². The lowest BCUT2D eigenvalue weighted by Crippen LogP contribution is -2.35. The Morgan fingerprint density at radius 3 is 2.62 bits per heavy atom. The summed E-state index contributed by atoms with van der Waals surface area (Å²) in [5.41, 5.74) is 8.82. The molecule has 0 saturated carbocycles. The standard InChI is InChI=1S/C24H29N3O2/c1-15-9-18(19-11-20-16(2)12-26-24(20)27-13-19)10-21(22-14-29-8-5-25-22)23(15)17-3-6-28-7-4-17/h9-13,17,22,25H,3-8,14H2,1-2H3,(H,26,27). The molecule has 1 unspecified atom stereocenters. The van der Waals surface area contributed by atoms with Gasteiger partial charge in [-0.2, -0.15) is 0 Å². The lowest BCUT2D eigenvalue weighted by molar-refractivity contribution is 0.0739. The predicted octanol–water partition coefficient (Wildman–Crippen LogP) is 4.40. The number of pyridine rings is 1. The van der Waals surface area contributed by atoms with Crippen LogP contribution in [0.5, 0.6) is 0 Å². The molecule has 2 aliphatic heterocycles. The van der Waals surface area contributed by atoms with Crippen LogP contribution in [0.4, 0.5) is 0 Å². The quantitative estimate of drug-likeness (QED) is 0.695. The Hall–Kier alpha value is -2.21. The summed E-state index contributed by atoms with van der Waals surface area (Å²) in [6, 6.07) is 7.20. The summed E-state index contributed by atoms with van der Waals surface area (Å²) < 4.78 is 11.5. The largest absolute Gasteiger partial charge is 0.381 e. The van der Waals surface area contributed by atoms with Crippen molar-refractivity contribution < 1.29 is 9.47 Å². The van der Waals surface area contributed by atoms with Crippen LogP contribution in [0, 0.1) is 13.8 Å². The number of nitrogens with one attached hydrogen (secondary N) is 2. The number of H-pyrrole nitrogens is 1. The van der Waals surface area contributed by atoms with Gasteiger partial charge in [-0.15, -0.1) is 0 Å². The minimum atomic E-state index is 0.242. The highest BCUT2D eigenvalue weighted by atomic mass is 16.5. The van der Waals surface area contributed by atoms with Crippen LogP contribution in [0.15, 0.2) is 30.6 Å². The van der Waals surface area contributed by atoms with Gasteiger partial charge >= 0.3 is 0 Å². The maximum absolute atomic E-state index is 5.82. The maximum atomic E-state index is 5.82. The molecule has 3 aromatic rings. The molecule has 4 heterocycles. The minimum absolute atomic E-state index is 0.242. The van der Waals surface area contributed by atoms with E-state index in [0.717, 1.165) is 51.5 Å². The van der Waals surface area contributed by atoms with E-state index in [1.807, 2.05) is 12.4 Å². The fourth-order valence-electron chi connectivity index (χ4n) is 4.88. The zero-order chi connectivity index (χ0) is 19.8. The normalized spacial score (nSPS) is 21.0. The van der Waals surface area contributed by atoms with Gasteiger partial charge in [0.05, 0.1) is 19.3 Å². The predicted molar refractivity (Wildman–Crippen MR) is 115 cm³/mol. The Morgan fingerprint density at radius 1 is 0.966 bits per heavy atom. The molecule has 2 N–H and O–H groups in total. The number of aryl methyl sites for hydroxylation is 2. The summed E-state index contributed by atoms with van der Waals surface area (Å²) in [6.45, 7) is 8.51. The van der Waals surface area contributed by atoms with Gasteiger partial charge in [0.2, 0.25) is 0 Å². The van der Waals surface area contributed by atoms with E-state index in [-0.39, 0.29) is 6.04 Å². The summed E-state index contributed by atoms with van der Waals surface area (Å²) in [5, 5.41) is 4.87. The van der Waals surface area contributed by atoms with E-state index in [1.54, 1.807) is 0 Å². The molecule has 0 aliphatic carbocycles. The van der Waals surface area contributed by atoms with E-state index in [2.05, 4.69) is 47.3 Å². The first-order valence-electron chi connectivity index (χ1n) is 10.7. The molecule has 2 fully saturated rings. The van der Waals surface area contributed by atoms with Gasteiger partial charge in [-0.3, -0.25) is 0 Å². The molecular weight excluding hydrogens is 362 g/mol. The molecule has 1 atom stereocenters. The third-order valence-corrected chi connectivity index (χ3v) is 6.42. The Morgan fingerprint density at radius 2 is 1.83 bits per heavy atom. The first-order valence-corrected chi connectivity index (χ1v) is 10.7. The Kier molecular flexibility index (Phi) is 5.12. The first kappa shape index (κ1) is 18.8.